The van der Waals surface area contributed by atoms with E-state index in [0.717, 1.165) is 4.57 Å². The van der Waals surface area contributed by atoms with Gasteiger partial charge >= 0.3 is 0 Å². The number of aromatic hydroxyl groups is 1. The first-order chi connectivity index (χ1) is 17.1. The lowest BCUT2D eigenvalue weighted by atomic mass is 10.1. The van der Waals surface area contributed by atoms with Crippen molar-refractivity contribution < 1.29 is 32.9 Å². The first kappa shape index (κ1) is 29.1. The highest BCUT2D eigenvalue weighted by Gasteiger charge is 2.19. The van der Waals surface area contributed by atoms with Crippen LogP contribution in [-0.4, -0.2) is 69.1 Å². The Kier molecular flexibility index (Phi) is 11.1. The third-order valence-electron chi connectivity index (χ3n) is 4.96. The number of nitrogens with one attached hydrogen (secondary N) is 2. The summed E-state index contributed by atoms with van der Waals surface area (Å²) in [6, 6.07) is 5.54. The number of carbonyl (C=O) groups excluding carboxylic acids is 1. The van der Waals surface area contributed by atoms with Crippen molar-refractivity contribution >= 4 is 27.3 Å². The number of benzene rings is 1. The van der Waals surface area contributed by atoms with E-state index in [9.17, 15) is 23.1 Å². The summed E-state index contributed by atoms with van der Waals surface area (Å²) >= 11 is 0. The lowest BCUT2D eigenvalue weighted by Crippen LogP contribution is -2.30. The monoisotopic (exact) mass is 525 g/mol. The second-order valence-electron chi connectivity index (χ2n) is 7.58. The van der Waals surface area contributed by atoms with E-state index in [1.807, 2.05) is 0 Å². The van der Waals surface area contributed by atoms with Gasteiger partial charge in [-0.25, -0.2) is 13.1 Å². The predicted molar refractivity (Wildman–Crippen MR) is 130 cm³/mol. The molecule has 0 aliphatic carbocycles. The number of methoxy groups -OCH3 is 1. The van der Waals surface area contributed by atoms with Crippen molar-refractivity contribution in [1.82, 2.24) is 14.6 Å². The van der Waals surface area contributed by atoms with Crippen LogP contribution in [0.5, 0.6) is 5.88 Å². The average Bonchev–Trinajstić information content (AvgIpc) is 2.84. The third kappa shape index (κ3) is 7.93. The number of hydrogen-bond donors (Lipinski definition) is 4. The maximum Gasteiger partial charge on any atom is 0.281 e. The van der Waals surface area contributed by atoms with Crippen molar-refractivity contribution in [2.24, 2.45) is 10.2 Å². The normalized spacial score (nSPS) is 11.8. The van der Waals surface area contributed by atoms with Crippen LogP contribution in [0.4, 0.5) is 11.4 Å². The van der Waals surface area contributed by atoms with E-state index in [1.54, 1.807) is 6.92 Å². The highest BCUT2D eigenvalue weighted by Crippen LogP contribution is 2.28. The van der Waals surface area contributed by atoms with Crippen LogP contribution in [0.25, 0.3) is 0 Å². The fraction of sp³-hybridized carbons (Fsp3) is 0.455. The van der Waals surface area contributed by atoms with Gasteiger partial charge in [0.25, 0.3) is 5.56 Å². The molecule has 1 aromatic heterocycles. The van der Waals surface area contributed by atoms with Crippen LogP contribution in [0.3, 0.4) is 0 Å². The van der Waals surface area contributed by atoms with Crippen LogP contribution in [-0.2, 0) is 37.4 Å². The Morgan fingerprint density at radius 2 is 1.83 bits per heavy atom. The summed E-state index contributed by atoms with van der Waals surface area (Å²) in [6.45, 7) is 3.23. The van der Waals surface area contributed by atoms with Gasteiger partial charge in [-0.2, -0.15) is 5.11 Å². The quantitative estimate of drug-likeness (QED) is 0.207. The van der Waals surface area contributed by atoms with Gasteiger partial charge in [0.2, 0.25) is 15.9 Å². The van der Waals surface area contributed by atoms with E-state index in [1.165, 1.54) is 38.3 Å². The van der Waals surface area contributed by atoms with Crippen LogP contribution in [0.1, 0.15) is 18.1 Å². The molecular weight excluding hydrogens is 494 g/mol. The maximum absolute atomic E-state index is 13.1. The molecule has 0 aliphatic rings. The van der Waals surface area contributed by atoms with Crippen LogP contribution in [0, 0.1) is 6.92 Å². The topological polar surface area (TPSA) is 181 Å². The first-order valence-corrected chi connectivity index (χ1v) is 12.5. The number of aliphatic hydroxyl groups is 1. The van der Waals surface area contributed by atoms with Crippen molar-refractivity contribution in [3.63, 3.8) is 0 Å². The van der Waals surface area contributed by atoms with Crippen LogP contribution in [0.2, 0.25) is 0 Å². The molecule has 13 nitrogen and oxygen atoms in total. The van der Waals surface area contributed by atoms with Crippen molar-refractivity contribution in [2.75, 3.05) is 40.0 Å². The van der Waals surface area contributed by atoms with Gasteiger partial charge in [0.15, 0.2) is 11.6 Å². The van der Waals surface area contributed by atoms with Gasteiger partial charge in [-0.3, -0.25) is 14.2 Å². The molecule has 14 heteroatoms. The predicted octanol–water partition coefficient (Wildman–Crippen LogP) is 0.847. The highest BCUT2D eigenvalue weighted by molar-refractivity contribution is 7.89. The first-order valence-electron chi connectivity index (χ1n) is 11.0. The van der Waals surface area contributed by atoms with E-state index in [2.05, 4.69) is 20.3 Å². The number of rotatable bonds is 14. The van der Waals surface area contributed by atoms with E-state index in [-0.39, 0.29) is 68.4 Å². The number of sulfonamides is 1. The van der Waals surface area contributed by atoms with Gasteiger partial charge in [0.05, 0.1) is 37.0 Å². The Bertz CT molecular complexity index is 1230. The number of carbonyl (C=O) groups is 1. The number of pyridine rings is 1. The third-order valence-corrected chi connectivity index (χ3v) is 6.44. The van der Waals surface area contributed by atoms with Crippen LogP contribution in [0.15, 0.2) is 44.2 Å². The number of ether oxygens (including phenoxy) is 2. The molecule has 1 aromatic carbocycles. The second kappa shape index (κ2) is 13.8. The Morgan fingerprint density at radius 1 is 1.14 bits per heavy atom. The summed E-state index contributed by atoms with van der Waals surface area (Å²) in [5, 5.41) is 29.9. The van der Waals surface area contributed by atoms with Gasteiger partial charge in [-0.15, -0.1) is 5.11 Å². The van der Waals surface area contributed by atoms with E-state index < -0.39 is 15.6 Å². The molecule has 1 heterocycles. The minimum absolute atomic E-state index is 0.000389. The Balaban J connectivity index is 2.28. The van der Waals surface area contributed by atoms with Crippen molar-refractivity contribution in [2.45, 2.75) is 31.9 Å². The Labute approximate surface area is 208 Å². The molecule has 198 valence electrons. The lowest BCUT2D eigenvalue weighted by molar-refractivity contribution is -0.119. The summed E-state index contributed by atoms with van der Waals surface area (Å²) in [4.78, 5) is 24.2. The zero-order chi connectivity index (χ0) is 26.7. The number of azo groups is 1. The Morgan fingerprint density at radius 3 is 2.44 bits per heavy atom. The molecule has 2 rings (SSSR count). The molecule has 4 N–H and O–H groups in total. The molecule has 0 bridgehead atoms. The van der Waals surface area contributed by atoms with E-state index >= 15 is 0 Å². The largest absolute Gasteiger partial charge is 0.494 e. The molecular formula is C22H31N5O8S. The number of hydrogen-bond acceptors (Lipinski definition) is 10. The van der Waals surface area contributed by atoms with Crippen molar-refractivity contribution in [1.29, 1.82) is 0 Å². The summed E-state index contributed by atoms with van der Waals surface area (Å²) in [7, 11) is -2.34. The number of amides is 1. The smallest absolute Gasteiger partial charge is 0.281 e. The summed E-state index contributed by atoms with van der Waals surface area (Å²) in [5.74, 6) is -0.536. The average molecular weight is 526 g/mol. The zero-order valence-electron chi connectivity index (χ0n) is 20.4. The zero-order valence-corrected chi connectivity index (χ0v) is 21.2. The fourth-order valence-electron chi connectivity index (χ4n) is 3.14. The number of aliphatic hydroxyl groups excluding tert-OH is 1. The summed E-state index contributed by atoms with van der Waals surface area (Å²) in [6.07, 6.45) is 0. The standard InChI is InChI=1S/C22H31N5O8S/c1-15-19(14-34-3)20(22(31)27(21(15)30)10-8-23-16(2)29)26-25-17-4-6-18(7-5-17)36(32,33)24-9-12-35-13-11-28/h4-7,24,28,30H,8-14H2,1-3H3,(H,23,29). The van der Waals surface area contributed by atoms with E-state index in [0.29, 0.717) is 16.8 Å². The van der Waals surface area contributed by atoms with Gasteiger partial charge in [0.1, 0.15) is 0 Å². The molecule has 0 saturated heterocycles. The highest BCUT2D eigenvalue weighted by atomic mass is 32.2. The molecule has 0 saturated carbocycles. The Hall–Kier alpha value is -3.17. The van der Waals surface area contributed by atoms with Crippen molar-refractivity contribution in [3.05, 3.63) is 45.7 Å². The molecule has 0 spiro atoms. The minimum atomic E-state index is -3.78. The van der Waals surface area contributed by atoms with E-state index in [4.69, 9.17) is 14.6 Å². The molecule has 0 atom stereocenters. The SMILES string of the molecule is COCc1c(C)c(O)n(CCNC(C)=O)c(=O)c1N=Nc1ccc(S(=O)(=O)NCCOCCO)cc1. The molecule has 0 radical (unpaired) electrons. The number of aromatic nitrogens is 1. The molecule has 2 aromatic rings. The lowest BCUT2D eigenvalue weighted by Gasteiger charge is -2.16. The summed E-state index contributed by atoms with van der Waals surface area (Å²) < 4.78 is 38.4. The van der Waals surface area contributed by atoms with Gasteiger partial charge < -0.3 is 25.0 Å². The van der Waals surface area contributed by atoms with Crippen molar-refractivity contribution in [3.8, 4) is 5.88 Å². The molecule has 36 heavy (non-hydrogen) atoms. The van der Waals surface area contributed by atoms with Crippen LogP contribution >= 0.6 is 0 Å². The van der Waals surface area contributed by atoms with Gasteiger partial charge in [0, 0.05) is 44.8 Å². The molecule has 0 unspecified atom stereocenters. The minimum Gasteiger partial charge on any atom is -0.494 e. The fourth-order valence-corrected chi connectivity index (χ4v) is 4.15. The second-order valence-corrected chi connectivity index (χ2v) is 9.34. The number of nitrogens with zero attached hydrogens (tertiary/aromatic N) is 3. The molecule has 1 amide bonds. The van der Waals surface area contributed by atoms with Gasteiger partial charge in [-0.05, 0) is 31.2 Å². The maximum atomic E-state index is 13.1. The van der Waals surface area contributed by atoms with Gasteiger partial charge in [-0.1, -0.05) is 0 Å². The molecule has 0 fully saturated rings. The molecule has 0 aliphatic heterocycles. The summed E-state index contributed by atoms with van der Waals surface area (Å²) in [5.41, 5.74) is 0.357. The van der Waals surface area contributed by atoms with Crippen LogP contribution < -0.4 is 15.6 Å².